The van der Waals surface area contributed by atoms with Gasteiger partial charge in [-0.1, -0.05) is 13.8 Å². The molecule has 0 aliphatic heterocycles. The first-order chi connectivity index (χ1) is 8.23. The Morgan fingerprint density at radius 3 is 2.22 bits per heavy atom. The second-order valence-corrected chi connectivity index (χ2v) is 6.26. The van der Waals surface area contributed by atoms with Crippen molar-refractivity contribution in [1.29, 1.82) is 0 Å². The normalized spacial score (nSPS) is 27.9. The van der Waals surface area contributed by atoms with Gasteiger partial charge in [0.25, 0.3) is 0 Å². The van der Waals surface area contributed by atoms with Crippen LogP contribution < -0.4 is 5.69 Å². The molecule has 0 spiro atoms. The Morgan fingerprint density at radius 1 is 1.33 bits per heavy atom. The summed E-state index contributed by atoms with van der Waals surface area (Å²) in [6, 6.07) is 0.161. The predicted octanol–water partition coefficient (Wildman–Crippen LogP) is 1.83. The van der Waals surface area contributed by atoms with E-state index in [0.29, 0.717) is 12.8 Å². The highest BCUT2D eigenvalue weighted by Crippen LogP contribution is 2.39. The van der Waals surface area contributed by atoms with Crippen molar-refractivity contribution in [2.75, 3.05) is 0 Å². The lowest BCUT2D eigenvalue weighted by Crippen LogP contribution is -2.45. The maximum absolute atomic E-state index is 12.4. The average Bonchev–Trinajstić information content (AvgIpc) is 2.52. The molecule has 1 fully saturated rings. The van der Waals surface area contributed by atoms with Crippen LogP contribution in [0.2, 0.25) is 0 Å². The highest BCUT2D eigenvalue weighted by atomic mass is 16.3. The minimum Gasteiger partial charge on any atom is -0.390 e. The molecule has 102 valence electrons. The third kappa shape index (κ3) is 2.11. The molecule has 1 N–H and O–H groups in total. The van der Waals surface area contributed by atoms with Crippen molar-refractivity contribution in [1.82, 2.24) is 14.3 Å². The van der Waals surface area contributed by atoms with E-state index in [1.165, 1.54) is 0 Å². The van der Waals surface area contributed by atoms with Crippen molar-refractivity contribution < 1.29 is 5.11 Å². The van der Waals surface area contributed by atoms with E-state index >= 15 is 0 Å². The molecule has 1 aromatic heterocycles. The molecular weight excluding hydrogens is 230 g/mol. The van der Waals surface area contributed by atoms with Crippen molar-refractivity contribution in [3.05, 3.63) is 16.3 Å². The highest BCUT2D eigenvalue weighted by Gasteiger charge is 2.41. The van der Waals surface area contributed by atoms with Crippen LogP contribution in [0.4, 0.5) is 0 Å². The Morgan fingerprint density at radius 2 is 1.89 bits per heavy atom. The van der Waals surface area contributed by atoms with Crippen LogP contribution in [0.1, 0.15) is 71.3 Å². The molecule has 0 bridgehead atoms. The summed E-state index contributed by atoms with van der Waals surface area (Å²) in [4.78, 5) is 12.4. The lowest BCUT2D eigenvalue weighted by atomic mass is 9.77. The van der Waals surface area contributed by atoms with Crippen molar-refractivity contribution in [3.63, 3.8) is 0 Å². The van der Waals surface area contributed by atoms with Gasteiger partial charge in [0.15, 0.2) is 0 Å². The van der Waals surface area contributed by atoms with Crippen molar-refractivity contribution >= 4 is 0 Å². The van der Waals surface area contributed by atoms with E-state index in [4.69, 9.17) is 0 Å². The molecule has 1 heterocycles. The molecule has 1 aromatic rings. The quantitative estimate of drug-likeness (QED) is 0.894. The van der Waals surface area contributed by atoms with Gasteiger partial charge >= 0.3 is 5.69 Å². The van der Waals surface area contributed by atoms with E-state index in [1.54, 1.807) is 16.2 Å². The van der Waals surface area contributed by atoms with E-state index in [-0.39, 0.29) is 23.7 Å². The van der Waals surface area contributed by atoms with Gasteiger partial charge in [-0.25, -0.2) is 9.48 Å². The molecule has 0 unspecified atom stereocenters. The SMILES string of the molecule is CC(C)c1nn(C2CC(C)(O)C2)c(=O)n1C(C)C. The fourth-order valence-electron chi connectivity index (χ4n) is 2.65. The van der Waals surface area contributed by atoms with E-state index in [0.717, 1.165) is 5.82 Å². The molecule has 0 aromatic carbocycles. The Labute approximate surface area is 107 Å². The number of aliphatic hydroxyl groups is 1. The van der Waals surface area contributed by atoms with Crippen LogP contribution in [-0.2, 0) is 0 Å². The molecule has 5 heteroatoms. The summed E-state index contributed by atoms with van der Waals surface area (Å²) in [5.74, 6) is 1.06. The van der Waals surface area contributed by atoms with E-state index in [1.807, 2.05) is 27.7 Å². The smallest absolute Gasteiger partial charge is 0.346 e. The van der Waals surface area contributed by atoms with Gasteiger partial charge < -0.3 is 5.11 Å². The summed E-state index contributed by atoms with van der Waals surface area (Å²) < 4.78 is 3.32. The summed E-state index contributed by atoms with van der Waals surface area (Å²) in [6.45, 7) is 9.88. The Bertz CT molecular complexity index is 489. The topological polar surface area (TPSA) is 60.0 Å². The Kier molecular flexibility index (Phi) is 3.13. The lowest BCUT2D eigenvalue weighted by Gasteiger charge is -2.40. The van der Waals surface area contributed by atoms with Crippen LogP contribution in [0.5, 0.6) is 0 Å². The number of aromatic nitrogens is 3. The Balaban J connectivity index is 2.39. The molecule has 0 radical (unpaired) electrons. The predicted molar refractivity (Wildman–Crippen MR) is 69.9 cm³/mol. The van der Waals surface area contributed by atoms with Crippen LogP contribution in [0.15, 0.2) is 4.79 Å². The maximum Gasteiger partial charge on any atom is 0.346 e. The van der Waals surface area contributed by atoms with Gasteiger partial charge in [0.2, 0.25) is 0 Å². The standard InChI is InChI=1S/C13H23N3O2/c1-8(2)11-14-16(10-6-13(5,18)7-10)12(17)15(11)9(3)4/h8-10,18H,6-7H2,1-5H3. The molecule has 18 heavy (non-hydrogen) atoms. The summed E-state index contributed by atoms with van der Waals surface area (Å²) >= 11 is 0. The zero-order valence-electron chi connectivity index (χ0n) is 11.8. The van der Waals surface area contributed by atoms with Crippen LogP contribution in [-0.4, -0.2) is 25.1 Å². The second kappa shape index (κ2) is 4.23. The zero-order chi connectivity index (χ0) is 13.7. The highest BCUT2D eigenvalue weighted by molar-refractivity contribution is 5.00. The van der Waals surface area contributed by atoms with Gasteiger partial charge in [-0.15, -0.1) is 0 Å². The van der Waals surface area contributed by atoms with Crippen molar-refractivity contribution in [3.8, 4) is 0 Å². The zero-order valence-corrected chi connectivity index (χ0v) is 11.8. The molecule has 1 aliphatic rings. The van der Waals surface area contributed by atoms with E-state index < -0.39 is 5.60 Å². The fourth-order valence-corrected chi connectivity index (χ4v) is 2.65. The molecule has 5 nitrogen and oxygen atoms in total. The molecule has 1 saturated carbocycles. The number of nitrogens with zero attached hydrogens (tertiary/aromatic N) is 3. The number of hydrogen-bond acceptors (Lipinski definition) is 3. The lowest BCUT2D eigenvalue weighted by molar-refractivity contribution is -0.0555. The molecule has 2 rings (SSSR count). The van der Waals surface area contributed by atoms with E-state index in [9.17, 15) is 9.90 Å². The van der Waals surface area contributed by atoms with Crippen molar-refractivity contribution in [2.24, 2.45) is 0 Å². The third-order valence-electron chi connectivity index (χ3n) is 3.59. The fraction of sp³-hybridized carbons (Fsp3) is 0.846. The first-order valence-electron chi connectivity index (χ1n) is 6.66. The number of rotatable bonds is 3. The molecule has 0 atom stereocenters. The minimum atomic E-state index is -0.635. The van der Waals surface area contributed by atoms with Gasteiger partial charge in [-0.05, 0) is 33.6 Å². The average molecular weight is 253 g/mol. The second-order valence-electron chi connectivity index (χ2n) is 6.26. The summed E-state index contributed by atoms with van der Waals surface area (Å²) in [5, 5.41) is 14.3. The number of hydrogen-bond donors (Lipinski definition) is 1. The van der Waals surface area contributed by atoms with Gasteiger partial charge in [-0.3, -0.25) is 4.57 Å². The molecule has 1 aliphatic carbocycles. The molecule has 0 amide bonds. The van der Waals surface area contributed by atoms with Crippen LogP contribution >= 0.6 is 0 Å². The third-order valence-corrected chi connectivity index (χ3v) is 3.59. The first-order valence-corrected chi connectivity index (χ1v) is 6.66. The molecular formula is C13H23N3O2. The first kappa shape index (κ1) is 13.3. The van der Waals surface area contributed by atoms with Gasteiger partial charge in [0.05, 0.1) is 11.6 Å². The van der Waals surface area contributed by atoms with E-state index in [2.05, 4.69) is 5.10 Å². The maximum atomic E-state index is 12.4. The Hall–Kier alpha value is -1.10. The van der Waals surface area contributed by atoms with Gasteiger partial charge in [0.1, 0.15) is 5.82 Å². The van der Waals surface area contributed by atoms with Gasteiger partial charge in [-0.2, -0.15) is 5.10 Å². The summed E-state index contributed by atoms with van der Waals surface area (Å²) in [7, 11) is 0. The largest absolute Gasteiger partial charge is 0.390 e. The molecule has 0 saturated heterocycles. The van der Waals surface area contributed by atoms with Crippen LogP contribution in [0.3, 0.4) is 0 Å². The minimum absolute atomic E-state index is 0.0463. The monoisotopic (exact) mass is 253 g/mol. The summed E-state index contributed by atoms with van der Waals surface area (Å²) in [5.41, 5.74) is -0.682. The summed E-state index contributed by atoms with van der Waals surface area (Å²) in [6.07, 6.45) is 1.22. The van der Waals surface area contributed by atoms with Crippen molar-refractivity contribution in [2.45, 2.75) is 71.1 Å². The van der Waals surface area contributed by atoms with Crippen LogP contribution in [0, 0.1) is 0 Å². The van der Waals surface area contributed by atoms with Crippen LogP contribution in [0.25, 0.3) is 0 Å². The van der Waals surface area contributed by atoms with Gasteiger partial charge in [0, 0.05) is 12.0 Å².